The van der Waals surface area contributed by atoms with Crippen LogP contribution < -0.4 is 10.6 Å². The molecule has 1 atom stereocenters. The fourth-order valence-corrected chi connectivity index (χ4v) is 3.77. The minimum atomic E-state index is -1.22. The second-order valence-corrected chi connectivity index (χ2v) is 8.07. The summed E-state index contributed by atoms with van der Waals surface area (Å²) in [5.41, 5.74) is 1.94. The number of rotatable bonds is 11. The van der Waals surface area contributed by atoms with Gasteiger partial charge >= 0.3 is 5.97 Å². The molecule has 0 fully saturated rings. The summed E-state index contributed by atoms with van der Waals surface area (Å²) >= 11 is 5.86. The third-order valence-electron chi connectivity index (χ3n) is 5.27. The third-order valence-corrected chi connectivity index (χ3v) is 5.58. The van der Waals surface area contributed by atoms with E-state index >= 15 is 0 Å². The first-order chi connectivity index (χ1) is 15.5. The van der Waals surface area contributed by atoms with Gasteiger partial charge < -0.3 is 20.5 Å². The van der Waals surface area contributed by atoms with Crippen LogP contribution in [0.15, 0.2) is 30.3 Å². The number of aryl methyl sites for hydroxylation is 2. The molecule has 1 aliphatic rings. The molecule has 0 radical (unpaired) electrons. The summed E-state index contributed by atoms with van der Waals surface area (Å²) in [7, 11) is 0. The van der Waals surface area contributed by atoms with Gasteiger partial charge in [-0.25, -0.2) is 14.2 Å². The summed E-state index contributed by atoms with van der Waals surface area (Å²) in [4.78, 5) is 28.4. The zero-order chi connectivity index (χ0) is 22.9. The van der Waals surface area contributed by atoms with E-state index in [-0.39, 0.29) is 23.6 Å². The van der Waals surface area contributed by atoms with Gasteiger partial charge in [-0.3, -0.25) is 4.79 Å². The Hall–Kier alpha value is -2.71. The van der Waals surface area contributed by atoms with E-state index in [1.165, 1.54) is 17.7 Å². The number of halogens is 2. The zero-order valence-corrected chi connectivity index (χ0v) is 18.5. The van der Waals surface area contributed by atoms with E-state index < -0.39 is 23.7 Å². The molecule has 1 unspecified atom stereocenters. The lowest BCUT2D eigenvalue weighted by Crippen LogP contribution is -2.42. The van der Waals surface area contributed by atoms with Gasteiger partial charge in [0.25, 0.3) is 5.91 Å². The smallest absolute Gasteiger partial charge is 0.326 e. The van der Waals surface area contributed by atoms with Gasteiger partial charge in [-0.05, 0) is 55.9 Å². The van der Waals surface area contributed by atoms with E-state index in [0.717, 1.165) is 56.2 Å². The number of carboxylic acids is 1. The van der Waals surface area contributed by atoms with Gasteiger partial charge in [0.15, 0.2) is 0 Å². The molecule has 9 heteroatoms. The fourth-order valence-electron chi connectivity index (χ4n) is 3.52. The van der Waals surface area contributed by atoms with Crippen molar-refractivity contribution in [3.8, 4) is 0 Å². The lowest BCUT2D eigenvalue weighted by Gasteiger charge is -2.17. The largest absolute Gasteiger partial charge is 0.480 e. The van der Waals surface area contributed by atoms with Crippen LogP contribution in [-0.2, 0) is 22.4 Å². The third kappa shape index (κ3) is 6.64. The van der Waals surface area contributed by atoms with Gasteiger partial charge in [0.1, 0.15) is 17.7 Å². The molecule has 0 spiro atoms. The number of fused-ring (bicyclic) bond motifs is 1. The van der Waals surface area contributed by atoms with Crippen molar-refractivity contribution >= 4 is 29.3 Å². The summed E-state index contributed by atoms with van der Waals surface area (Å²) in [6, 6.07) is 6.83. The number of benzene rings is 1. The van der Waals surface area contributed by atoms with Gasteiger partial charge in [-0.15, -0.1) is 0 Å². The quantitative estimate of drug-likeness (QED) is 0.438. The molecule has 1 aliphatic heterocycles. The first-order valence-electron chi connectivity index (χ1n) is 10.7. The lowest BCUT2D eigenvalue weighted by molar-refractivity contribution is -0.139. The highest BCUT2D eigenvalue weighted by Crippen LogP contribution is 2.21. The minimum absolute atomic E-state index is 0.0607. The predicted molar refractivity (Wildman–Crippen MR) is 120 cm³/mol. The Labute approximate surface area is 191 Å². The fraction of sp³-hybridized carbons (Fsp3) is 0.435. The maximum absolute atomic E-state index is 13.9. The molecule has 7 nitrogen and oxygen atoms in total. The molecule has 2 aromatic rings. The number of amides is 1. The Balaban J connectivity index is 1.36. The van der Waals surface area contributed by atoms with Crippen LogP contribution in [0.4, 0.5) is 10.2 Å². The van der Waals surface area contributed by atoms with Gasteiger partial charge in [0.05, 0.1) is 10.6 Å². The average molecular weight is 464 g/mol. The number of ether oxygens (including phenoxy) is 1. The van der Waals surface area contributed by atoms with Crippen molar-refractivity contribution < 1.29 is 23.8 Å². The van der Waals surface area contributed by atoms with E-state index in [1.54, 1.807) is 0 Å². The van der Waals surface area contributed by atoms with Crippen molar-refractivity contribution in [1.82, 2.24) is 10.3 Å². The monoisotopic (exact) mass is 463 g/mol. The Bertz CT molecular complexity index is 937. The van der Waals surface area contributed by atoms with Crippen molar-refractivity contribution in [2.24, 2.45) is 0 Å². The van der Waals surface area contributed by atoms with E-state index in [9.17, 15) is 19.1 Å². The molecule has 1 aromatic carbocycles. The SMILES string of the molecule is O=C(NC(CCOCCCCc1ccc2c(n1)NCCC2)C(=O)O)c1c(F)cccc1Cl. The molecule has 2 heterocycles. The van der Waals surface area contributed by atoms with Crippen LogP contribution in [0.3, 0.4) is 0 Å². The maximum atomic E-state index is 13.9. The molecular formula is C23H27ClFN3O4. The highest BCUT2D eigenvalue weighted by molar-refractivity contribution is 6.33. The molecule has 1 amide bonds. The van der Waals surface area contributed by atoms with Gasteiger partial charge in [0.2, 0.25) is 0 Å². The molecule has 0 saturated heterocycles. The first-order valence-corrected chi connectivity index (χ1v) is 11.1. The number of carbonyl (C=O) groups excluding carboxylic acids is 1. The number of carbonyl (C=O) groups is 2. The lowest BCUT2D eigenvalue weighted by atomic mass is 10.1. The van der Waals surface area contributed by atoms with Crippen molar-refractivity contribution in [3.63, 3.8) is 0 Å². The Morgan fingerprint density at radius 1 is 1.25 bits per heavy atom. The number of carboxylic acid groups (broad SMARTS) is 1. The van der Waals surface area contributed by atoms with Crippen LogP contribution in [0.1, 0.15) is 47.3 Å². The van der Waals surface area contributed by atoms with Gasteiger partial charge in [-0.2, -0.15) is 0 Å². The van der Waals surface area contributed by atoms with Crippen LogP contribution in [0.2, 0.25) is 5.02 Å². The van der Waals surface area contributed by atoms with E-state index in [2.05, 4.69) is 27.8 Å². The van der Waals surface area contributed by atoms with E-state index in [4.69, 9.17) is 16.3 Å². The zero-order valence-electron chi connectivity index (χ0n) is 17.7. The van der Waals surface area contributed by atoms with Crippen LogP contribution in [0.25, 0.3) is 0 Å². The molecule has 172 valence electrons. The van der Waals surface area contributed by atoms with E-state index in [0.29, 0.717) is 6.61 Å². The van der Waals surface area contributed by atoms with Crippen LogP contribution in [0, 0.1) is 5.82 Å². The second kappa shape index (κ2) is 11.8. The molecular weight excluding hydrogens is 437 g/mol. The summed E-state index contributed by atoms with van der Waals surface area (Å²) in [6.07, 6.45) is 4.81. The number of aliphatic carboxylic acids is 1. The predicted octanol–water partition coefficient (Wildman–Crippen LogP) is 3.84. The standard InChI is InChI=1S/C23H27ClFN3O4/c24-17-7-3-8-18(25)20(17)22(29)28-19(23(30)31)11-14-32-13-2-1-6-16-10-9-15-5-4-12-26-21(15)27-16/h3,7-10,19H,1-2,4-6,11-14H2,(H,26,27)(H,28,29)(H,30,31). The summed E-state index contributed by atoms with van der Waals surface area (Å²) in [5, 5.41) is 14.9. The number of nitrogens with one attached hydrogen (secondary N) is 2. The van der Waals surface area contributed by atoms with E-state index in [1.807, 2.05) is 0 Å². The Morgan fingerprint density at radius 2 is 2.09 bits per heavy atom. The van der Waals surface area contributed by atoms with Gasteiger partial charge in [-0.1, -0.05) is 23.7 Å². The number of hydrogen-bond acceptors (Lipinski definition) is 5. The number of anilines is 1. The Morgan fingerprint density at radius 3 is 2.88 bits per heavy atom. The Kier molecular flexibility index (Phi) is 8.81. The highest BCUT2D eigenvalue weighted by atomic mass is 35.5. The summed E-state index contributed by atoms with van der Waals surface area (Å²) in [5.74, 6) is -1.91. The number of unbranched alkanes of at least 4 members (excludes halogenated alkanes) is 1. The molecule has 3 rings (SSSR count). The summed E-state index contributed by atoms with van der Waals surface area (Å²) < 4.78 is 19.4. The van der Waals surface area contributed by atoms with Crippen molar-refractivity contribution in [2.75, 3.05) is 25.1 Å². The number of aromatic nitrogens is 1. The summed E-state index contributed by atoms with van der Waals surface area (Å²) in [6.45, 7) is 1.59. The molecule has 1 aromatic heterocycles. The normalized spacial score (nSPS) is 13.7. The molecule has 0 bridgehead atoms. The molecule has 3 N–H and O–H groups in total. The van der Waals surface area contributed by atoms with Gasteiger partial charge in [0, 0.05) is 31.9 Å². The topological polar surface area (TPSA) is 101 Å². The van der Waals surface area contributed by atoms with Crippen molar-refractivity contribution in [1.29, 1.82) is 0 Å². The number of hydrogen-bond donors (Lipinski definition) is 3. The highest BCUT2D eigenvalue weighted by Gasteiger charge is 2.23. The van der Waals surface area contributed by atoms with Crippen LogP contribution in [-0.4, -0.2) is 47.8 Å². The van der Waals surface area contributed by atoms with Crippen molar-refractivity contribution in [3.05, 3.63) is 58.0 Å². The average Bonchev–Trinajstić information content (AvgIpc) is 2.77. The molecule has 0 saturated carbocycles. The van der Waals surface area contributed by atoms with Crippen LogP contribution >= 0.6 is 11.6 Å². The second-order valence-electron chi connectivity index (χ2n) is 7.66. The van der Waals surface area contributed by atoms with Crippen LogP contribution in [0.5, 0.6) is 0 Å². The minimum Gasteiger partial charge on any atom is -0.480 e. The number of pyridine rings is 1. The first kappa shape index (κ1) is 23.9. The number of nitrogens with zero attached hydrogens (tertiary/aromatic N) is 1. The maximum Gasteiger partial charge on any atom is 0.326 e. The molecule has 32 heavy (non-hydrogen) atoms. The molecule has 0 aliphatic carbocycles. The van der Waals surface area contributed by atoms with Crippen molar-refractivity contribution in [2.45, 2.75) is 44.6 Å².